The average molecular weight is 214 g/mol. The first kappa shape index (κ1) is 11.0. The van der Waals surface area contributed by atoms with Crippen LogP contribution in [0.1, 0.15) is 22.8 Å². The fourth-order valence-corrected chi connectivity index (χ4v) is 1.20. The molecule has 1 atom stereocenters. The lowest BCUT2D eigenvalue weighted by atomic mass is 10.1. The highest BCUT2D eigenvalue weighted by molar-refractivity contribution is 6.17. The predicted molar refractivity (Wildman–Crippen MR) is 55.1 cm³/mol. The van der Waals surface area contributed by atoms with Gasteiger partial charge in [0.25, 0.3) is 5.91 Å². The van der Waals surface area contributed by atoms with Gasteiger partial charge in [0.1, 0.15) is 6.23 Å². The van der Waals surface area contributed by atoms with Gasteiger partial charge < -0.3 is 10.4 Å². The molecule has 1 amide bonds. The van der Waals surface area contributed by atoms with Crippen LogP contribution in [0.5, 0.6) is 0 Å². The summed E-state index contributed by atoms with van der Waals surface area (Å²) in [5.41, 5.74) is 1.47. The van der Waals surface area contributed by atoms with E-state index in [0.29, 0.717) is 11.4 Å². The quantitative estimate of drug-likeness (QED) is 0.591. The van der Waals surface area contributed by atoms with Crippen molar-refractivity contribution in [1.29, 1.82) is 0 Å². The molecule has 1 unspecified atom stereocenters. The second-order valence-corrected chi connectivity index (χ2v) is 3.25. The summed E-state index contributed by atoms with van der Waals surface area (Å²) in [6.45, 7) is 1.49. The van der Waals surface area contributed by atoms with Gasteiger partial charge in [-0.05, 0) is 24.6 Å². The molecule has 3 nitrogen and oxygen atoms in total. The summed E-state index contributed by atoms with van der Waals surface area (Å²) in [5, 5.41) is 11.3. The molecule has 1 aromatic carbocycles. The summed E-state index contributed by atoms with van der Waals surface area (Å²) in [7, 11) is 0. The molecule has 0 saturated heterocycles. The van der Waals surface area contributed by atoms with E-state index in [2.05, 4.69) is 5.32 Å². The molecule has 1 rings (SSSR count). The maximum absolute atomic E-state index is 11.4. The molecule has 0 radical (unpaired) electrons. The number of benzene rings is 1. The van der Waals surface area contributed by atoms with Gasteiger partial charge in [-0.1, -0.05) is 12.1 Å². The zero-order valence-electron chi connectivity index (χ0n) is 7.83. The molecule has 1 aromatic rings. The van der Waals surface area contributed by atoms with E-state index in [4.69, 9.17) is 16.7 Å². The number of rotatable bonds is 3. The van der Waals surface area contributed by atoms with Gasteiger partial charge in [-0.25, -0.2) is 0 Å². The number of amides is 1. The summed E-state index contributed by atoms with van der Waals surface area (Å²) in [4.78, 5) is 11.4. The van der Waals surface area contributed by atoms with E-state index < -0.39 is 6.23 Å². The summed E-state index contributed by atoms with van der Waals surface area (Å²) < 4.78 is 0. The normalized spacial score (nSPS) is 12.2. The summed E-state index contributed by atoms with van der Waals surface area (Å²) in [6, 6.07) is 6.92. The zero-order chi connectivity index (χ0) is 10.6. The van der Waals surface area contributed by atoms with E-state index in [1.54, 1.807) is 24.3 Å². The van der Waals surface area contributed by atoms with Crippen molar-refractivity contribution in [2.45, 2.75) is 19.0 Å². The minimum Gasteiger partial charge on any atom is -0.374 e. The van der Waals surface area contributed by atoms with Crippen LogP contribution in [0.15, 0.2) is 24.3 Å². The Bertz CT molecular complexity index is 308. The SMILES string of the molecule is CC(O)NC(=O)c1ccc(CCl)cc1. The van der Waals surface area contributed by atoms with E-state index in [1.807, 2.05) is 0 Å². The predicted octanol–water partition coefficient (Wildman–Crippen LogP) is 1.49. The Balaban J connectivity index is 2.71. The monoisotopic (exact) mass is 213 g/mol. The van der Waals surface area contributed by atoms with Crippen LogP contribution in [-0.4, -0.2) is 17.2 Å². The topological polar surface area (TPSA) is 49.3 Å². The van der Waals surface area contributed by atoms with Crippen LogP contribution in [0.4, 0.5) is 0 Å². The van der Waals surface area contributed by atoms with Crippen LogP contribution in [0.2, 0.25) is 0 Å². The van der Waals surface area contributed by atoms with Crippen molar-refractivity contribution < 1.29 is 9.90 Å². The zero-order valence-corrected chi connectivity index (χ0v) is 8.58. The van der Waals surface area contributed by atoms with Crippen LogP contribution < -0.4 is 5.32 Å². The third-order valence-electron chi connectivity index (χ3n) is 1.71. The number of hydrogen-bond acceptors (Lipinski definition) is 2. The highest BCUT2D eigenvalue weighted by atomic mass is 35.5. The molecular weight excluding hydrogens is 202 g/mol. The van der Waals surface area contributed by atoms with Gasteiger partial charge in [-0.2, -0.15) is 0 Å². The molecular formula is C10H12ClNO2. The molecule has 0 fully saturated rings. The van der Waals surface area contributed by atoms with E-state index in [0.717, 1.165) is 5.56 Å². The lowest BCUT2D eigenvalue weighted by Crippen LogP contribution is -2.31. The number of nitrogens with one attached hydrogen (secondary N) is 1. The minimum atomic E-state index is -0.838. The van der Waals surface area contributed by atoms with Gasteiger partial charge in [-0.15, -0.1) is 11.6 Å². The third-order valence-corrected chi connectivity index (χ3v) is 2.02. The second kappa shape index (κ2) is 4.98. The number of hydrogen-bond donors (Lipinski definition) is 2. The molecule has 0 aliphatic rings. The Hall–Kier alpha value is -1.06. The number of carbonyl (C=O) groups excluding carboxylic acids is 1. The van der Waals surface area contributed by atoms with Crippen molar-refractivity contribution in [1.82, 2.24) is 5.32 Å². The highest BCUT2D eigenvalue weighted by Gasteiger charge is 2.06. The Morgan fingerprint density at radius 1 is 1.50 bits per heavy atom. The lowest BCUT2D eigenvalue weighted by Gasteiger charge is -2.07. The molecule has 14 heavy (non-hydrogen) atoms. The first-order valence-electron chi connectivity index (χ1n) is 4.27. The van der Waals surface area contributed by atoms with Crippen LogP contribution in [0.25, 0.3) is 0 Å². The Kier molecular flexibility index (Phi) is 3.92. The standard InChI is InChI=1S/C10H12ClNO2/c1-7(13)12-10(14)9-4-2-8(6-11)3-5-9/h2-5,7,13H,6H2,1H3,(H,12,14). The third kappa shape index (κ3) is 3.01. The number of aliphatic hydroxyl groups excluding tert-OH is 1. The first-order valence-corrected chi connectivity index (χ1v) is 4.81. The molecule has 0 heterocycles. The fourth-order valence-electron chi connectivity index (χ4n) is 1.02. The molecule has 0 spiro atoms. The van der Waals surface area contributed by atoms with E-state index in [1.165, 1.54) is 6.92 Å². The molecule has 0 aliphatic carbocycles. The van der Waals surface area contributed by atoms with Gasteiger partial charge in [0.2, 0.25) is 0 Å². The number of carbonyl (C=O) groups is 1. The van der Waals surface area contributed by atoms with Gasteiger partial charge in [-0.3, -0.25) is 4.79 Å². The molecule has 0 bridgehead atoms. The van der Waals surface area contributed by atoms with Crippen molar-refractivity contribution in [3.8, 4) is 0 Å². The largest absolute Gasteiger partial charge is 0.374 e. The number of alkyl halides is 1. The van der Waals surface area contributed by atoms with Crippen molar-refractivity contribution in [3.63, 3.8) is 0 Å². The molecule has 0 saturated carbocycles. The summed E-state index contributed by atoms with van der Waals surface area (Å²) in [6.07, 6.45) is -0.838. The van der Waals surface area contributed by atoms with Crippen LogP contribution >= 0.6 is 11.6 Å². The maximum atomic E-state index is 11.4. The number of halogens is 1. The van der Waals surface area contributed by atoms with Gasteiger partial charge in [0.15, 0.2) is 0 Å². The minimum absolute atomic E-state index is 0.291. The van der Waals surface area contributed by atoms with Crippen LogP contribution in [0.3, 0.4) is 0 Å². The summed E-state index contributed by atoms with van der Waals surface area (Å²) in [5.74, 6) is 0.138. The Morgan fingerprint density at radius 3 is 2.50 bits per heavy atom. The fraction of sp³-hybridized carbons (Fsp3) is 0.300. The van der Waals surface area contributed by atoms with Crippen molar-refractivity contribution >= 4 is 17.5 Å². The molecule has 0 aliphatic heterocycles. The molecule has 0 aromatic heterocycles. The highest BCUT2D eigenvalue weighted by Crippen LogP contribution is 2.06. The van der Waals surface area contributed by atoms with Crippen LogP contribution in [-0.2, 0) is 5.88 Å². The summed E-state index contributed by atoms with van der Waals surface area (Å²) >= 11 is 5.60. The molecule has 2 N–H and O–H groups in total. The average Bonchev–Trinajstić information content (AvgIpc) is 2.17. The molecule has 4 heteroatoms. The van der Waals surface area contributed by atoms with Gasteiger partial charge in [0, 0.05) is 11.4 Å². The first-order chi connectivity index (χ1) is 6.63. The Morgan fingerprint density at radius 2 is 2.07 bits per heavy atom. The van der Waals surface area contributed by atoms with E-state index in [9.17, 15) is 4.79 Å². The second-order valence-electron chi connectivity index (χ2n) is 2.98. The lowest BCUT2D eigenvalue weighted by molar-refractivity contribution is 0.0819. The van der Waals surface area contributed by atoms with Crippen molar-refractivity contribution in [2.24, 2.45) is 0 Å². The Labute approximate surface area is 87.7 Å². The molecule has 76 valence electrons. The maximum Gasteiger partial charge on any atom is 0.253 e. The van der Waals surface area contributed by atoms with Gasteiger partial charge in [0.05, 0.1) is 0 Å². The van der Waals surface area contributed by atoms with Crippen molar-refractivity contribution in [3.05, 3.63) is 35.4 Å². The van der Waals surface area contributed by atoms with E-state index >= 15 is 0 Å². The van der Waals surface area contributed by atoms with E-state index in [-0.39, 0.29) is 5.91 Å². The van der Waals surface area contributed by atoms with Gasteiger partial charge >= 0.3 is 0 Å². The smallest absolute Gasteiger partial charge is 0.253 e. The van der Waals surface area contributed by atoms with Crippen LogP contribution in [0, 0.1) is 0 Å². The number of aliphatic hydroxyl groups is 1. The van der Waals surface area contributed by atoms with Crippen molar-refractivity contribution in [2.75, 3.05) is 0 Å².